The Labute approximate surface area is 134 Å². The third-order valence-electron chi connectivity index (χ3n) is 3.62. The summed E-state index contributed by atoms with van der Waals surface area (Å²) in [6.07, 6.45) is -0.0292. The molecule has 0 radical (unpaired) electrons. The molecule has 1 unspecified atom stereocenters. The molecule has 1 atom stereocenters. The molecule has 1 aromatic heterocycles. The molecule has 20 heavy (non-hydrogen) atoms. The van der Waals surface area contributed by atoms with Crippen molar-refractivity contribution >= 4 is 28.1 Å². The molecular formula is C14H22BrN3OS. The maximum Gasteiger partial charge on any atom is 0.144 e. The van der Waals surface area contributed by atoms with Crippen LogP contribution in [-0.4, -0.2) is 40.6 Å². The highest BCUT2D eigenvalue weighted by Crippen LogP contribution is 2.27. The highest BCUT2D eigenvalue weighted by atomic mass is 79.9. The molecule has 1 aromatic rings. The summed E-state index contributed by atoms with van der Waals surface area (Å²) in [5, 5.41) is 0. The number of rotatable bonds is 3. The molecule has 0 spiro atoms. The van der Waals surface area contributed by atoms with Crippen LogP contribution in [0.15, 0.2) is 4.47 Å². The Balaban J connectivity index is 2.31. The summed E-state index contributed by atoms with van der Waals surface area (Å²) in [6.45, 7) is 11.3. The lowest BCUT2D eigenvalue weighted by Crippen LogP contribution is -2.42. The van der Waals surface area contributed by atoms with Gasteiger partial charge in [-0.25, -0.2) is 4.98 Å². The van der Waals surface area contributed by atoms with E-state index in [4.69, 9.17) is 17.0 Å². The van der Waals surface area contributed by atoms with E-state index < -0.39 is 0 Å². The van der Waals surface area contributed by atoms with Crippen molar-refractivity contribution in [2.75, 3.05) is 19.7 Å². The summed E-state index contributed by atoms with van der Waals surface area (Å²) in [6, 6.07) is 0.518. The summed E-state index contributed by atoms with van der Waals surface area (Å²) in [5.41, 5.74) is 1.09. The van der Waals surface area contributed by atoms with Crippen LogP contribution in [0.5, 0.6) is 0 Å². The van der Waals surface area contributed by atoms with Crippen LogP contribution in [0.4, 0.5) is 0 Å². The van der Waals surface area contributed by atoms with Crippen molar-refractivity contribution in [1.82, 2.24) is 14.9 Å². The molecule has 1 fully saturated rings. The van der Waals surface area contributed by atoms with E-state index >= 15 is 0 Å². The number of morpholine rings is 1. The Morgan fingerprint density at radius 1 is 1.40 bits per heavy atom. The van der Waals surface area contributed by atoms with Gasteiger partial charge < -0.3 is 9.72 Å². The average Bonchev–Trinajstić information content (AvgIpc) is 2.41. The van der Waals surface area contributed by atoms with E-state index in [9.17, 15) is 0 Å². The van der Waals surface area contributed by atoms with Gasteiger partial charge in [-0.05, 0) is 35.7 Å². The second-order valence-electron chi connectivity index (χ2n) is 5.76. The largest absolute Gasteiger partial charge is 0.368 e. The first kappa shape index (κ1) is 16.1. The molecule has 2 heterocycles. The van der Waals surface area contributed by atoms with Gasteiger partial charge in [-0.1, -0.05) is 26.1 Å². The van der Waals surface area contributed by atoms with Crippen molar-refractivity contribution in [3.8, 4) is 0 Å². The van der Waals surface area contributed by atoms with Gasteiger partial charge in [0, 0.05) is 24.8 Å². The summed E-state index contributed by atoms with van der Waals surface area (Å²) in [5.74, 6) is 1.20. The quantitative estimate of drug-likeness (QED) is 0.833. The van der Waals surface area contributed by atoms with Crippen LogP contribution < -0.4 is 0 Å². The maximum atomic E-state index is 5.88. The Kier molecular flexibility index (Phi) is 5.34. The average molecular weight is 360 g/mol. The zero-order valence-electron chi connectivity index (χ0n) is 12.4. The number of hydrogen-bond acceptors (Lipinski definition) is 4. The molecule has 0 amide bonds. The molecule has 0 saturated carbocycles. The molecule has 0 aromatic carbocycles. The number of aromatic nitrogens is 2. The summed E-state index contributed by atoms with van der Waals surface area (Å²) < 4.78 is 7.37. The minimum atomic E-state index is -0.0292. The first-order chi connectivity index (χ1) is 9.40. The van der Waals surface area contributed by atoms with Gasteiger partial charge in [0.15, 0.2) is 0 Å². The van der Waals surface area contributed by atoms with Gasteiger partial charge in [0.05, 0.1) is 11.1 Å². The highest BCUT2D eigenvalue weighted by Gasteiger charge is 2.26. The van der Waals surface area contributed by atoms with E-state index in [1.54, 1.807) is 0 Å². The Hall–Kier alpha value is -0.300. The van der Waals surface area contributed by atoms with Crippen LogP contribution in [0.1, 0.15) is 51.2 Å². The van der Waals surface area contributed by atoms with Crippen LogP contribution in [0.3, 0.4) is 0 Å². The first-order valence-electron chi connectivity index (χ1n) is 7.05. The normalized spacial score (nSPS) is 20.9. The highest BCUT2D eigenvalue weighted by molar-refractivity contribution is 9.10. The van der Waals surface area contributed by atoms with Gasteiger partial charge in [0.2, 0.25) is 0 Å². The molecule has 112 valence electrons. The van der Waals surface area contributed by atoms with Gasteiger partial charge in [-0.3, -0.25) is 4.90 Å². The number of halogens is 1. The Bertz CT molecular complexity index is 530. The fourth-order valence-corrected chi connectivity index (χ4v) is 3.20. The number of nitrogens with zero attached hydrogens (tertiary/aromatic N) is 2. The minimum absolute atomic E-state index is 0.0292. The van der Waals surface area contributed by atoms with E-state index in [0.29, 0.717) is 16.6 Å². The minimum Gasteiger partial charge on any atom is -0.368 e. The standard InChI is InChI=1S/C14H22BrN3OS/c1-8(2)12-11(15)14(20)17-13(16-12)10-7-18(9(3)4)5-6-19-10/h8-10H,5-7H2,1-4H3,(H,16,17,20). The lowest BCUT2D eigenvalue weighted by Gasteiger charge is -2.35. The molecule has 0 aliphatic carbocycles. The van der Waals surface area contributed by atoms with Gasteiger partial charge in [0.25, 0.3) is 0 Å². The summed E-state index contributed by atoms with van der Waals surface area (Å²) >= 11 is 8.88. The van der Waals surface area contributed by atoms with Crippen LogP contribution in [0, 0.1) is 4.64 Å². The van der Waals surface area contributed by atoms with E-state index in [0.717, 1.165) is 35.7 Å². The molecule has 1 N–H and O–H groups in total. The summed E-state index contributed by atoms with van der Waals surface area (Å²) in [4.78, 5) is 10.3. The SMILES string of the molecule is CC(C)c1[nH]c(C2CN(C(C)C)CCO2)nc(=S)c1Br. The molecule has 0 bridgehead atoms. The molecule has 1 saturated heterocycles. The van der Waals surface area contributed by atoms with E-state index in [1.807, 2.05) is 0 Å². The Morgan fingerprint density at radius 2 is 2.10 bits per heavy atom. The van der Waals surface area contributed by atoms with Crippen LogP contribution >= 0.6 is 28.1 Å². The van der Waals surface area contributed by atoms with Crippen molar-refractivity contribution < 1.29 is 4.74 Å². The second-order valence-corrected chi connectivity index (χ2v) is 6.94. The molecule has 1 aliphatic heterocycles. The fraction of sp³-hybridized carbons (Fsp3) is 0.714. The number of aromatic amines is 1. The number of hydrogen-bond donors (Lipinski definition) is 1. The predicted octanol–water partition coefficient (Wildman–Crippen LogP) is 3.81. The monoisotopic (exact) mass is 359 g/mol. The molecular weight excluding hydrogens is 338 g/mol. The molecule has 2 rings (SSSR count). The third kappa shape index (κ3) is 3.47. The lowest BCUT2D eigenvalue weighted by atomic mass is 10.1. The van der Waals surface area contributed by atoms with Crippen molar-refractivity contribution in [2.45, 2.75) is 45.8 Å². The van der Waals surface area contributed by atoms with E-state index in [2.05, 4.69) is 58.5 Å². The van der Waals surface area contributed by atoms with Crippen molar-refractivity contribution in [3.63, 3.8) is 0 Å². The van der Waals surface area contributed by atoms with Crippen molar-refractivity contribution in [3.05, 3.63) is 20.6 Å². The lowest BCUT2D eigenvalue weighted by molar-refractivity contribution is -0.0444. The number of H-pyrrole nitrogens is 1. The van der Waals surface area contributed by atoms with Crippen molar-refractivity contribution in [1.29, 1.82) is 0 Å². The van der Waals surface area contributed by atoms with Crippen LogP contribution in [-0.2, 0) is 4.74 Å². The van der Waals surface area contributed by atoms with Crippen LogP contribution in [0.2, 0.25) is 0 Å². The number of ether oxygens (including phenoxy) is 1. The van der Waals surface area contributed by atoms with Gasteiger partial charge in [0.1, 0.15) is 16.6 Å². The first-order valence-corrected chi connectivity index (χ1v) is 8.25. The predicted molar refractivity (Wildman–Crippen MR) is 86.6 cm³/mol. The van der Waals surface area contributed by atoms with Crippen LogP contribution in [0.25, 0.3) is 0 Å². The second kappa shape index (κ2) is 6.64. The van der Waals surface area contributed by atoms with Gasteiger partial charge >= 0.3 is 0 Å². The van der Waals surface area contributed by atoms with E-state index in [-0.39, 0.29) is 6.10 Å². The zero-order chi connectivity index (χ0) is 14.9. The summed E-state index contributed by atoms with van der Waals surface area (Å²) in [7, 11) is 0. The van der Waals surface area contributed by atoms with Gasteiger partial charge in [-0.15, -0.1) is 0 Å². The molecule has 1 aliphatic rings. The third-order valence-corrected chi connectivity index (χ3v) is 4.98. The topological polar surface area (TPSA) is 41.2 Å². The number of nitrogens with one attached hydrogen (secondary N) is 1. The smallest absolute Gasteiger partial charge is 0.144 e. The van der Waals surface area contributed by atoms with E-state index in [1.165, 1.54) is 0 Å². The fourth-order valence-electron chi connectivity index (χ4n) is 2.35. The molecule has 6 heteroatoms. The zero-order valence-corrected chi connectivity index (χ0v) is 14.8. The van der Waals surface area contributed by atoms with Crippen molar-refractivity contribution in [2.24, 2.45) is 0 Å². The van der Waals surface area contributed by atoms with Gasteiger partial charge in [-0.2, -0.15) is 0 Å². The Morgan fingerprint density at radius 3 is 2.70 bits per heavy atom. The molecule has 4 nitrogen and oxygen atoms in total. The maximum absolute atomic E-state index is 5.88.